The topological polar surface area (TPSA) is 41.5 Å². The molecule has 3 rings (SSSR count). The summed E-state index contributed by atoms with van der Waals surface area (Å²) in [6.07, 6.45) is 0.836. The maximum atomic E-state index is 13.0. The van der Waals surface area contributed by atoms with Crippen molar-refractivity contribution in [3.05, 3.63) is 59.4 Å². The van der Waals surface area contributed by atoms with E-state index in [0.717, 1.165) is 23.5 Å². The summed E-state index contributed by atoms with van der Waals surface area (Å²) in [6.45, 7) is 6.22. The molecule has 0 unspecified atom stereocenters. The van der Waals surface area contributed by atoms with Crippen molar-refractivity contribution in [3.63, 3.8) is 0 Å². The number of carbonyl (C=O) groups is 1. The average molecular weight is 310 g/mol. The average Bonchev–Trinajstić information content (AvgIpc) is 2.59. The van der Waals surface area contributed by atoms with Crippen molar-refractivity contribution in [3.8, 4) is 0 Å². The minimum Gasteiger partial charge on any atom is -0.378 e. The highest BCUT2D eigenvalue weighted by Gasteiger charge is 2.24. The van der Waals surface area contributed by atoms with Crippen LogP contribution in [0.2, 0.25) is 0 Å². The van der Waals surface area contributed by atoms with Crippen molar-refractivity contribution in [1.29, 1.82) is 0 Å². The van der Waals surface area contributed by atoms with E-state index < -0.39 is 0 Å². The fourth-order valence-corrected chi connectivity index (χ4v) is 2.94. The summed E-state index contributed by atoms with van der Waals surface area (Å²) < 4.78 is 13.0. The molecule has 0 aromatic heterocycles. The normalized spacial score (nSPS) is 15.9. The summed E-state index contributed by atoms with van der Waals surface area (Å²) in [4.78, 5) is 17.2. The number of hydrogen-bond acceptors (Lipinski definition) is 3. The van der Waals surface area contributed by atoms with E-state index in [1.807, 2.05) is 19.1 Å². The Balaban J connectivity index is 1.99. The zero-order chi connectivity index (χ0) is 16.6. The highest BCUT2D eigenvalue weighted by Crippen LogP contribution is 2.34. The summed E-state index contributed by atoms with van der Waals surface area (Å²) in [7, 11) is 0. The van der Waals surface area contributed by atoms with Gasteiger partial charge < -0.3 is 5.32 Å². The van der Waals surface area contributed by atoms with Gasteiger partial charge in [-0.05, 0) is 63.2 Å². The van der Waals surface area contributed by atoms with Crippen LogP contribution in [0.1, 0.15) is 43.1 Å². The van der Waals surface area contributed by atoms with Gasteiger partial charge >= 0.3 is 0 Å². The van der Waals surface area contributed by atoms with Crippen LogP contribution in [0.25, 0.3) is 0 Å². The number of nitrogens with zero attached hydrogens (tertiary/aromatic N) is 1. The molecule has 118 valence electrons. The molecule has 1 aliphatic rings. The minimum absolute atomic E-state index is 0.127. The van der Waals surface area contributed by atoms with Crippen molar-refractivity contribution in [2.24, 2.45) is 4.99 Å². The van der Waals surface area contributed by atoms with E-state index in [0.29, 0.717) is 11.1 Å². The van der Waals surface area contributed by atoms with E-state index in [-0.39, 0.29) is 17.1 Å². The van der Waals surface area contributed by atoms with Gasteiger partial charge in [0.25, 0.3) is 0 Å². The lowest BCUT2D eigenvalue weighted by Crippen LogP contribution is -2.32. The second-order valence-corrected chi connectivity index (χ2v) is 6.60. The van der Waals surface area contributed by atoms with Crippen LogP contribution >= 0.6 is 0 Å². The van der Waals surface area contributed by atoms with E-state index in [1.54, 1.807) is 6.07 Å². The molecule has 0 saturated heterocycles. The zero-order valence-corrected chi connectivity index (χ0v) is 13.5. The SMILES string of the molecule is CC1=Nc2ccc(C(=O)c3ccc(F)cc3)cc2NC(C)(C)C1. The molecule has 2 aromatic rings. The Morgan fingerprint density at radius 2 is 1.78 bits per heavy atom. The molecule has 0 spiro atoms. The molecule has 23 heavy (non-hydrogen) atoms. The molecule has 0 aliphatic carbocycles. The summed E-state index contributed by atoms with van der Waals surface area (Å²) in [6, 6.07) is 11.0. The van der Waals surface area contributed by atoms with E-state index >= 15 is 0 Å². The second-order valence-electron chi connectivity index (χ2n) is 6.60. The number of ketones is 1. The third kappa shape index (κ3) is 3.31. The fourth-order valence-electron chi connectivity index (χ4n) is 2.94. The lowest BCUT2D eigenvalue weighted by Gasteiger charge is -2.26. The number of rotatable bonds is 2. The molecule has 1 aliphatic heterocycles. The molecule has 1 N–H and O–H groups in total. The number of benzene rings is 2. The molecule has 0 bridgehead atoms. The fraction of sp³-hybridized carbons (Fsp3) is 0.263. The van der Waals surface area contributed by atoms with Crippen LogP contribution in [-0.2, 0) is 0 Å². The van der Waals surface area contributed by atoms with Gasteiger partial charge in [-0.2, -0.15) is 0 Å². The van der Waals surface area contributed by atoms with E-state index in [9.17, 15) is 9.18 Å². The standard InChI is InChI=1S/C19H19FN2O/c1-12-11-19(2,3)22-17-10-14(6-9-16(17)21-12)18(23)13-4-7-15(20)8-5-13/h4-10,22H,11H2,1-3H3. The van der Waals surface area contributed by atoms with Gasteiger partial charge in [0, 0.05) is 28.8 Å². The molecule has 0 atom stereocenters. The summed E-state index contributed by atoms with van der Waals surface area (Å²) in [5.41, 5.74) is 3.64. The third-order valence-corrected chi connectivity index (χ3v) is 3.85. The van der Waals surface area contributed by atoms with Gasteiger partial charge in [-0.1, -0.05) is 0 Å². The molecule has 2 aromatic carbocycles. The van der Waals surface area contributed by atoms with Crippen LogP contribution in [0.5, 0.6) is 0 Å². The first-order valence-corrected chi connectivity index (χ1v) is 7.61. The van der Waals surface area contributed by atoms with Crippen LogP contribution in [0.4, 0.5) is 15.8 Å². The molecule has 0 amide bonds. The van der Waals surface area contributed by atoms with Gasteiger partial charge in [0.05, 0.1) is 11.4 Å². The van der Waals surface area contributed by atoms with Gasteiger partial charge in [0.15, 0.2) is 5.78 Å². The Morgan fingerprint density at radius 1 is 1.13 bits per heavy atom. The van der Waals surface area contributed by atoms with Gasteiger partial charge in [-0.25, -0.2) is 4.39 Å². The van der Waals surface area contributed by atoms with Crippen LogP contribution in [0, 0.1) is 5.82 Å². The molecule has 1 heterocycles. The molecule has 0 saturated carbocycles. The molecule has 3 nitrogen and oxygen atoms in total. The van der Waals surface area contributed by atoms with E-state index in [4.69, 9.17) is 0 Å². The molecular formula is C19H19FN2O. The van der Waals surface area contributed by atoms with Crippen molar-refractivity contribution in [2.75, 3.05) is 5.32 Å². The zero-order valence-electron chi connectivity index (χ0n) is 13.5. The van der Waals surface area contributed by atoms with E-state index in [1.165, 1.54) is 24.3 Å². The van der Waals surface area contributed by atoms with Crippen LogP contribution in [-0.4, -0.2) is 17.0 Å². The van der Waals surface area contributed by atoms with Crippen LogP contribution in [0.3, 0.4) is 0 Å². The summed E-state index contributed by atoms with van der Waals surface area (Å²) in [5.74, 6) is -0.478. The number of aliphatic imine (C=N–C) groups is 1. The Kier molecular flexibility index (Phi) is 3.76. The number of nitrogens with one attached hydrogen (secondary N) is 1. The van der Waals surface area contributed by atoms with Crippen LogP contribution in [0.15, 0.2) is 47.5 Å². The lowest BCUT2D eigenvalue weighted by atomic mass is 9.97. The number of halogens is 1. The molecule has 0 radical (unpaired) electrons. The Labute approximate surface area is 135 Å². The second kappa shape index (κ2) is 5.61. The lowest BCUT2D eigenvalue weighted by molar-refractivity contribution is 0.103. The monoisotopic (exact) mass is 310 g/mol. The Bertz CT molecular complexity index is 792. The van der Waals surface area contributed by atoms with Gasteiger partial charge in [0.2, 0.25) is 0 Å². The van der Waals surface area contributed by atoms with Crippen LogP contribution < -0.4 is 5.32 Å². The minimum atomic E-state index is -0.350. The van der Waals surface area contributed by atoms with E-state index in [2.05, 4.69) is 24.2 Å². The van der Waals surface area contributed by atoms with Crippen molar-refractivity contribution in [2.45, 2.75) is 32.7 Å². The first kappa shape index (κ1) is 15.4. The quantitative estimate of drug-likeness (QED) is 0.814. The molecule has 0 fully saturated rings. The maximum absolute atomic E-state index is 13.0. The summed E-state index contributed by atoms with van der Waals surface area (Å²) in [5, 5.41) is 3.46. The number of anilines is 1. The van der Waals surface area contributed by atoms with Gasteiger partial charge in [-0.3, -0.25) is 9.79 Å². The van der Waals surface area contributed by atoms with Crippen molar-refractivity contribution < 1.29 is 9.18 Å². The van der Waals surface area contributed by atoms with Crippen molar-refractivity contribution in [1.82, 2.24) is 0 Å². The van der Waals surface area contributed by atoms with Gasteiger partial charge in [-0.15, -0.1) is 0 Å². The predicted molar refractivity (Wildman–Crippen MR) is 91.4 cm³/mol. The summed E-state index contributed by atoms with van der Waals surface area (Å²) >= 11 is 0. The number of hydrogen-bond donors (Lipinski definition) is 1. The highest BCUT2D eigenvalue weighted by atomic mass is 19.1. The van der Waals surface area contributed by atoms with Gasteiger partial charge in [0.1, 0.15) is 5.82 Å². The Morgan fingerprint density at radius 3 is 2.48 bits per heavy atom. The largest absolute Gasteiger partial charge is 0.378 e. The first-order valence-electron chi connectivity index (χ1n) is 7.61. The third-order valence-electron chi connectivity index (χ3n) is 3.85. The van der Waals surface area contributed by atoms with Crippen molar-refractivity contribution >= 4 is 22.9 Å². The highest BCUT2D eigenvalue weighted by molar-refractivity contribution is 6.10. The maximum Gasteiger partial charge on any atom is 0.193 e. The molecular weight excluding hydrogens is 291 g/mol. The predicted octanol–water partition coefficient (Wildman–Crippen LogP) is 4.74. The number of carbonyl (C=O) groups excluding carboxylic acids is 1. The smallest absolute Gasteiger partial charge is 0.193 e. The Hall–Kier alpha value is -2.49. The first-order chi connectivity index (χ1) is 10.8. The molecule has 4 heteroatoms. The number of fused-ring (bicyclic) bond motifs is 1.